The third-order valence-electron chi connectivity index (χ3n) is 14.9. The van der Waals surface area contributed by atoms with Gasteiger partial charge in [0.1, 0.15) is 19.3 Å². The van der Waals surface area contributed by atoms with Crippen molar-refractivity contribution in [1.82, 2.24) is 5.32 Å². The van der Waals surface area contributed by atoms with Crippen molar-refractivity contribution in [3.8, 4) is 0 Å². The van der Waals surface area contributed by atoms with E-state index < -0.39 is 20.0 Å². The second kappa shape index (κ2) is 59.6. The number of nitrogens with zero attached hydrogens (tertiary/aromatic N) is 1. The minimum absolute atomic E-state index is 0.0307. The summed E-state index contributed by atoms with van der Waals surface area (Å²) in [5.41, 5.74) is 0. The molecule has 0 spiro atoms. The van der Waals surface area contributed by atoms with Gasteiger partial charge in [-0.3, -0.25) is 18.6 Å². The number of esters is 1. The number of phosphoric acid groups is 1. The quantitative estimate of drug-likeness (QED) is 0.0205. The van der Waals surface area contributed by atoms with Gasteiger partial charge in [-0.2, -0.15) is 0 Å². The Labute approximate surface area is 495 Å². The van der Waals surface area contributed by atoms with Crippen molar-refractivity contribution in [2.75, 3.05) is 40.9 Å². The number of likely N-dealkylation sites (N-methyl/N-ethyl adjacent to an activating group) is 1. The Morgan fingerprint density at radius 1 is 0.450 bits per heavy atom. The first-order chi connectivity index (χ1) is 38.9. The van der Waals surface area contributed by atoms with Gasteiger partial charge >= 0.3 is 13.8 Å². The van der Waals surface area contributed by atoms with E-state index in [1.54, 1.807) is 0 Å². The van der Waals surface area contributed by atoms with Gasteiger partial charge in [0.2, 0.25) is 5.91 Å². The van der Waals surface area contributed by atoms with E-state index in [2.05, 4.69) is 86.8 Å². The molecule has 0 saturated heterocycles. The van der Waals surface area contributed by atoms with Crippen LogP contribution in [-0.4, -0.2) is 74.3 Å². The van der Waals surface area contributed by atoms with Crippen LogP contribution < -0.4 is 5.32 Å². The van der Waals surface area contributed by atoms with Gasteiger partial charge in [-0.1, -0.05) is 299 Å². The van der Waals surface area contributed by atoms with E-state index in [0.717, 1.165) is 77.0 Å². The molecular weight excluding hydrogens is 1010 g/mol. The Balaban J connectivity index is 5.13. The number of amides is 1. The van der Waals surface area contributed by atoms with E-state index in [1.807, 2.05) is 33.3 Å². The number of carbonyl (C=O) groups excluding carboxylic acids is 2. The molecule has 3 atom stereocenters. The lowest BCUT2D eigenvalue weighted by atomic mass is 10.0. The fourth-order valence-corrected chi connectivity index (χ4v) is 10.5. The summed E-state index contributed by atoms with van der Waals surface area (Å²) >= 11 is 0. The molecule has 0 radical (unpaired) electrons. The van der Waals surface area contributed by atoms with Crippen LogP contribution in [0.4, 0.5) is 0 Å². The minimum Gasteiger partial charge on any atom is -0.456 e. The van der Waals surface area contributed by atoms with Crippen LogP contribution in [0.1, 0.15) is 310 Å². The highest BCUT2D eigenvalue weighted by atomic mass is 31.2. The molecule has 1 amide bonds. The summed E-state index contributed by atoms with van der Waals surface area (Å²) < 4.78 is 30.7. The first-order valence-corrected chi connectivity index (χ1v) is 35.3. The van der Waals surface area contributed by atoms with E-state index >= 15 is 0 Å². The largest absolute Gasteiger partial charge is 0.472 e. The number of ether oxygens (including phenoxy) is 1. The average Bonchev–Trinajstić information content (AvgIpc) is 3.42. The molecule has 0 aliphatic heterocycles. The predicted molar refractivity (Wildman–Crippen MR) is 346 cm³/mol. The first-order valence-electron chi connectivity index (χ1n) is 33.8. The number of unbranched alkanes of at least 4 members (excludes halogenated alkanes) is 35. The number of hydrogen-bond donors (Lipinski definition) is 2. The molecule has 0 rings (SSSR count). The van der Waals surface area contributed by atoms with Crippen molar-refractivity contribution < 1.29 is 37.3 Å². The minimum atomic E-state index is -4.46. The number of nitrogens with one attached hydrogen (secondary N) is 1. The zero-order valence-corrected chi connectivity index (χ0v) is 54.2. The Kier molecular flexibility index (Phi) is 57.7. The number of carbonyl (C=O) groups is 2. The van der Waals surface area contributed by atoms with Crippen LogP contribution in [0.5, 0.6) is 0 Å². The Bertz CT molecular complexity index is 1600. The molecular formula is C70H130N2O7P+. The molecule has 0 bridgehead atoms. The lowest BCUT2D eigenvalue weighted by Gasteiger charge is -2.27. The number of allylic oxidation sites excluding steroid dienone is 11. The third kappa shape index (κ3) is 60.1. The van der Waals surface area contributed by atoms with Gasteiger partial charge in [-0.25, -0.2) is 4.57 Å². The van der Waals surface area contributed by atoms with E-state index in [9.17, 15) is 19.0 Å². The highest BCUT2D eigenvalue weighted by Crippen LogP contribution is 2.43. The molecule has 10 heteroatoms. The normalized spacial score (nSPS) is 14.0. The summed E-state index contributed by atoms with van der Waals surface area (Å²) in [4.78, 5) is 37.8. The Hall–Kier alpha value is -2.55. The molecule has 3 unspecified atom stereocenters. The van der Waals surface area contributed by atoms with E-state index in [0.29, 0.717) is 23.9 Å². The van der Waals surface area contributed by atoms with Crippen molar-refractivity contribution in [1.29, 1.82) is 0 Å². The molecule has 0 aromatic rings. The van der Waals surface area contributed by atoms with Crippen molar-refractivity contribution in [3.05, 3.63) is 72.9 Å². The lowest BCUT2D eigenvalue weighted by molar-refractivity contribution is -0.870. The number of rotatable bonds is 61. The van der Waals surface area contributed by atoms with E-state index in [-0.39, 0.29) is 31.5 Å². The van der Waals surface area contributed by atoms with Crippen LogP contribution in [0.15, 0.2) is 72.9 Å². The number of phosphoric ester groups is 1. The third-order valence-corrected chi connectivity index (χ3v) is 15.9. The summed E-state index contributed by atoms with van der Waals surface area (Å²) in [5.74, 6) is -0.564. The number of hydrogen-bond acceptors (Lipinski definition) is 6. The molecule has 9 nitrogen and oxygen atoms in total. The fourth-order valence-electron chi connectivity index (χ4n) is 9.74. The van der Waals surface area contributed by atoms with Gasteiger partial charge in [0.25, 0.3) is 0 Å². The topological polar surface area (TPSA) is 111 Å². The van der Waals surface area contributed by atoms with Gasteiger partial charge < -0.3 is 19.4 Å². The zero-order chi connectivity index (χ0) is 58.6. The van der Waals surface area contributed by atoms with Crippen molar-refractivity contribution in [2.45, 2.75) is 322 Å². The summed E-state index contributed by atoms with van der Waals surface area (Å²) in [6, 6.07) is -0.872. The first kappa shape index (κ1) is 77.5. The number of quaternary nitrogens is 1. The van der Waals surface area contributed by atoms with E-state index in [4.69, 9.17) is 13.8 Å². The van der Waals surface area contributed by atoms with Crippen molar-refractivity contribution in [3.63, 3.8) is 0 Å². The summed E-state index contributed by atoms with van der Waals surface area (Å²) in [6.45, 7) is 6.89. The summed E-state index contributed by atoms with van der Waals surface area (Å²) in [6.07, 6.45) is 77.9. The molecule has 0 heterocycles. The molecule has 466 valence electrons. The average molecular weight is 1140 g/mol. The zero-order valence-electron chi connectivity index (χ0n) is 53.3. The van der Waals surface area contributed by atoms with Gasteiger partial charge in [-0.15, -0.1) is 0 Å². The van der Waals surface area contributed by atoms with Gasteiger partial charge in [0.05, 0.1) is 33.8 Å². The Morgan fingerprint density at radius 3 is 1.21 bits per heavy atom. The Morgan fingerprint density at radius 2 is 0.812 bits per heavy atom. The molecule has 2 N–H and O–H groups in total. The maximum absolute atomic E-state index is 13.6. The van der Waals surface area contributed by atoms with Crippen LogP contribution in [0, 0.1) is 0 Å². The summed E-state index contributed by atoms with van der Waals surface area (Å²) in [5, 5.41) is 3.05. The lowest BCUT2D eigenvalue weighted by Crippen LogP contribution is -2.47. The maximum atomic E-state index is 13.6. The molecule has 80 heavy (non-hydrogen) atoms. The second-order valence-corrected chi connectivity index (χ2v) is 25.4. The van der Waals surface area contributed by atoms with Crippen LogP contribution in [-0.2, 0) is 27.9 Å². The van der Waals surface area contributed by atoms with Crippen molar-refractivity contribution >= 4 is 19.7 Å². The molecule has 0 aromatic carbocycles. The van der Waals surface area contributed by atoms with Crippen LogP contribution in [0.3, 0.4) is 0 Å². The smallest absolute Gasteiger partial charge is 0.456 e. The highest BCUT2D eigenvalue weighted by molar-refractivity contribution is 7.47. The van der Waals surface area contributed by atoms with Crippen LogP contribution >= 0.6 is 7.82 Å². The molecule has 0 fully saturated rings. The monoisotopic (exact) mass is 1140 g/mol. The summed E-state index contributed by atoms with van der Waals surface area (Å²) in [7, 11) is 1.47. The molecule has 0 saturated carbocycles. The predicted octanol–water partition coefficient (Wildman–Crippen LogP) is 21.2. The van der Waals surface area contributed by atoms with Crippen LogP contribution in [0.2, 0.25) is 0 Å². The van der Waals surface area contributed by atoms with Crippen LogP contribution in [0.25, 0.3) is 0 Å². The standard InChI is InChI=1S/C70H129N2O7P/c1-7-10-13-16-19-22-25-28-30-32-33-34-35-36-37-38-39-41-42-44-47-50-53-56-59-62-69(73)71-67(66-78-80(75,76)77-65-64-72(4,5)6)68(61-58-55-52-49-46-27-24-21-18-15-12-9-3)79-70(74)63-60-57-54-51-48-45-43-40-31-29-26-23-20-17-14-11-8-2/h11,14,20,23,29,31,43,45,51,54,58,61,67-68H,7-10,12-13,15-19,21-22,24-28,30,32-42,44,46-50,52-53,55-57,59-60,62-66H2,1-6H3,(H-,71,73,75,76)/p+1/b14-11-,23-20-,31-29-,45-43-,54-51-,61-58-. The van der Waals surface area contributed by atoms with Crippen molar-refractivity contribution in [2.24, 2.45) is 0 Å². The van der Waals surface area contributed by atoms with Gasteiger partial charge in [0.15, 0.2) is 0 Å². The van der Waals surface area contributed by atoms with Gasteiger partial charge in [0, 0.05) is 12.8 Å². The maximum Gasteiger partial charge on any atom is 0.472 e. The SMILES string of the molecule is CC/C=C\C/C=C\C/C=C\C/C=C\C/C=C\CCCC(=O)OC(/C=C\CCCCCCCCCCCC)C(COP(=O)(O)OCC[N+](C)(C)C)NC(=O)CCCCCCCCCCCCCCCCCCCCCCCCCCC. The molecule has 0 aliphatic carbocycles. The molecule has 0 aromatic heterocycles. The highest BCUT2D eigenvalue weighted by Gasteiger charge is 2.30. The van der Waals surface area contributed by atoms with Gasteiger partial charge in [-0.05, 0) is 70.3 Å². The second-order valence-electron chi connectivity index (χ2n) is 24.0. The van der Waals surface area contributed by atoms with E-state index in [1.165, 1.54) is 193 Å². The fraction of sp³-hybridized carbons (Fsp3) is 0.800. The molecule has 0 aliphatic rings.